The highest BCUT2D eigenvalue weighted by Gasteiger charge is 2.36. The lowest BCUT2D eigenvalue weighted by Gasteiger charge is -1.95. The molecule has 1 fully saturated rings. The molecule has 1 aliphatic carbocycles. The van der Waals surface area contributed by atoms with Gasteiger partial charge in [-0.1, -0.05) is 0 Å². The van der Waals surface area contributed by atoms with E-state index in [0.29, 0.717) is 12.8 Å². The van der Waals surface area contributed by atoms with Crippen molar-refractivity contribution < 1.29 is 13.2 Å². The maximum Gasteiger partial charge on any atom is 0.232 e. The summed E-state index contributed by atoms with van der Waals surface area (Å²) in [5, 5.41) is -0.278. The normalized spacial score (nSPS) is 18.8. The summed E-state index contributed by atoms with van der Waals surface area (Å²) < 4.78 is 21.8. The Balaban J connectivity index is 2.60. The highest BCUT2D eigenvalue weighted by molar-refractivity contribution is 7.93. The van der Waals surface area contributed by atoms with Crippen LogP contribution in [0.2, 0.25) is 0 Å². The molecule has 0 aromatic rings. The lowest BCUT2D eigenvalue weighted by molar-refractivity contribution is -0.115. The van der Waals surface area contributed by atoms with Crippen LogP contribution in [0.25, 0.3) is 0 Å². The summed E-state index contributed by atoms with van der Waals surface area (Å²) in [5.74, 6) is -1.25. The molecular formula is C5H9NO3S. The van der Waals surface area contributed by atoms with E-state index in [1.807, 2.05) is 0 Å². The first-order valence-corrected chi connectivity index (χ1v) is 4.74. The number of carbonyl (C=O) groups excluding carboxylic acids is 1. The lowest BCUT2D eigenvalue weighted by Crippen LogP contribution is -2.25. The Kier molecular flexibility index (Phi) is 1.68. The van der Waals surface area contributed by atoms with Crippen molar-refractivity contribution in [2.24, 2.45) is 5.73 Å². The first kappa shape index (κ1) is 7.53. The topological polar surface area (TPSA) is 77.2 Å². The molecule has 0 spiro atoms. The van der Waals surface area contributed by atoms with Crippen LogP contribution >= 0.6 is 0 Å². The first-order valence-electron chi connectivity index (χ1n) is 3.02. The zero-order valence-corrected chi connectivity index (χ0v) is 6.23. The number of hydrogen-bond acceptors (Lipinski definition) is 3. The first-order chi connectivity index (χ1) is 4.52. The maximum absolute atomic E-state index is 10.9. The van der Waals surface area contributed by atoms with Crippen LogP contribution in [0.3, 0.4) is 0 Å². The van der Waals surface area contributed by atoms with Gasteiger partial charge in [0.25, 0.3) is 0 Å². The Bertz CT molecular complexity index is 240. The fraction of sp³-hybridized carbons (Fsp3) is 0.800. The van der Waals surface area contributed by atoms with Crippen LogP contribution in [0.15, 0.2) is 0 Å². The standard InChI is InChI=1S/C5H9NO3S/c6-5(7)3-10(8,9)4-1-2-4/h4H,1-3H2,(H2,6,7). The number of primary amides is 1. The minimum Gasteiger partial charge on any atom is -0.369 e. The van der Waals surface area contributed by atoms with E-state index in [1.54, 1.807) is 0 Å². The summed E-state index contributed by atoms with van der Waals surface area (Å²) in [4.78, 5) is 10.2. The lowest BCUT2D eigenvalue weighted by atomic mass is 10.8. The monoisotopic (exact) mass is 163 g/mol. The van der Waals surface area contributed by atoms with Gasteiger partial charge in [-0.3, -0.25) is 4.79 Å². The van der Waals surface area contributed by atoms with Crippen molar-refractivity contribution in [1.82, 2.24) is 0 Å². The molecular weight excluding hydrogens is 154 g/mol. The molecule has 1 aliphatic rings. The maximum atomic E-state index is 10.9. The van der Waals surface area contributed by atoms with Gasteiger partial charge in [0.1, 0.15) is 5.75 Å². The van der Waals surface area contributed by atoms with Gasteiger partial charge in [-0.2, -0.15) is 0 Å². The van der Waals surface area contributed by atoms with Crippen LogP contribution in [0.4, 0.5) is 0 Å². The van der Waals surface area contributed by atoms with E-state index < -0.39 is 21.5 Å². The molecule has 0 aromatic carbocycles. The largest absolute Gasteiger partial charge is 0.369 e. The van der Waals surface area contributed by atoms with Crippen molar-refractivity contribution in [3.63, 3.8) is 0 Å². The molecule has 0 radical (unpaired) electrons. The number of rotatable bonds is 3. The molecule has 0 aromatic heterocycles. The third-order valence-electron chi connectivity index (χ3n) is 1.38. The van der Waals surface area contributed by atoms with Gasteiger partial charge in [0.05, 0.1) is 5.25 Å². The summed E-state index contributed by atoms with van der Waals surface area (Å²) in [6, 6.07) is 0. The molecule has 0 heterocycles. The van der Waals surface area contributed by atoms with Crippen LogP contribution in [0, 0.1) is 0 Å². The van der Waals surface area contributed by atoms with Crippen molar-refractivity contribution >= 4 is 15.7 Å². The van der Waals surface area contributed by atoms with Crippen LogP contribution in [0.1, 0.15) is 12.8 Å². The minimum atomic E-state index is -3.16. The second-order valence-electron chi connectivity index (χ2n) is 2.47. The molecule has 10 heavy (non-hydrogen) atoms. The van der Waals surface area contributed by atoms with E-state index in [4.69, 9.17) is 5.73 Å². The molecule has 1 rings (SSSR count). The Morgan fingerprint density at radius 1 is 1.50 bits per heavy atom. The minimum absolute atomic E-state index is 0.278. The SMILES string of the molecule is NC(=O)CS(=O)(=O)C1CC1. The average Bonchev–Trinajstić information content (AvgIpc) is 2.35. The quantitative estimate of drug-likeness (QED) is 0.582. The molecule has 2 N–H and O–H groups in total. The highest BCUT2D eigenvalue weighted by Crippen LogP contribution is 2.28. The van der Waals surface area contributed by atoms with Crippen molar-refractivity contribution in [1.29, 1.82) is 0 Å². The number of sulfone groups is 1. The van der Waals surface area contributed by atoms with Crippen molar-refractivity contribution in [3.8, 4) is 0 Å². The zero-order chi connectivity index (χ0) is 7.78. The summed E-state index contributed by atoms with van der Waals surface area (Å²) in [5.41, 5.74) is 4.73. The van der Waals surface area contributed by atoms with Gasteiger partial charge in [0.2, 0.25) is 5.91 Å². The fourth-order valence-corrected chi connectivity index (χ4v) is 2.23. The number of nitrogens with two attached hydrogens (primary N) is 1. The Hall–Kier alpha value is -0.580. The zero-order valence-electron chi connectivity index (χ0n) is 5.41. The number of amides is 1. The van der Waals surface area contributed by atoms with E-state index in [9.17, 15) is 13.2 Å². The van der Waals surface area contributed by atoms with Gasteiger partial charge >= 0.3 is 0 Å². The van der Waals surface area contributed by atoms with Crippen molar-refractivity contribution in [3.05, 3.63) is 0 Å². The van der Waals surface area contributed by atoms with E-state index in [0.717, 1.165) is 0 Å². The summed E-state index contributed by atoms with van der Waals surface area (Å²) >= 11 is 0. The number of carbonyl (C=O) groups is 1. The third kappa shape index (κ3) is 1.70. The second-order valence-corrected chi connectivity index (χ2v) is 4.75. The molecule has 0 atom stereocenters. The van der Waals surface area contributed by atoms with Gasteiger partial charge in [0.15, 0.2) is 9.84 Å². The van der Waals surface area contributed by atoms with Gasteiger partial charge in [-0.05, 0) is 12.8 Å². The molecule has 0 unspecified atom stereocenters. The molecule has 4 nitrogen and oxygen atoms in total. The predicted octanol–water partition coefficient (Wildman–Crippen LogP) is -0.951. The molecule has 0 saturated heterocycles. The Morgan fingerprint density at radius 2 is 2.00 bits per heavy atom. The highest BCUT2D eigenvalue weighted by atomic mass is 32.2. The van der Waals surface area contributed by atoms with Gasteiger partial charge in [-0.15, -0.1) is 0 Å². The van der Waals surface area contributed by atoms with Gasteiger partial charge in [-0.25, -0.2) is 8.42 Å². The number of hydrogen-bond donors (Lipinski definition) is 1. The smallest absolute Gasteiger partial charge is 0.232 e. The summed E-state index contributed by atoms with van der Waals surface area (Å²) in [6.07, 6.45) is 1.38. The van der Waals surface area contributed by atoms with Crippen molar-refractivity contribution in [2.45, 2.75) is 18.1 Å². The van der Waals surface area contributed by atoms with E-state index >= 15 is 0 Å². The van der Waals surface area contributed by atoms with Crippen molar-refractivity contribution in [2.75, 3.05) is 5.75 Å². The molecule has 1 amide bonds. The predicted molar refractivity (Wildman–Crippen MR) is 36.0 cm³/mol. The van der Waals surface area contributed by atoms with Crippen LogP contribution in [-0.2, 0) is 14.6 Å². The fourth-order valence-electron chi connectivity index (χ4n) is 0.743. The van der Waals surface area contributed by atoms with Gasteiger partial charge in [0, 0.05) is 0 Å². The van der Waals surface area contributed by atoms with E-state index in [2.05, 4.69) is 0 Å². The molecule has 0 aliphatic heterocycles. The molecule has 1 saturated carbocycles. The summed E-state index contributed by atoms with van der Waals surface area (Å²) in [6.45, 7) is 0. The van der Waals surface area contributed by atoms with E-state index in [1.165, 1.54) is 0 Å². The van der Waals surface area contributed by atoms with Crippen LogP contribution in [-0.4, -0.2) is 25.3 Å². The van der Waals surface area contributed by atoms with Crippen LogP contribution < -0.4 is 5.73 Å². The van der Waals surface area contributed by atoms with Gasteiger partial charge < -0.3 is 5.73 Å². The average molecular weight is 163 g/mol. The Morgan fingerprint density at radius 3 is 2.30 bits per heavy atom. The second kappa shape index (κ2) is 2.23. The Labute approximate surface area is 59.3 Å². The van der Waals surface area contributed by atoms with E-state index in [-0.39, 0.29) is 5.25 Å². The summed E-state index contributed by atoms with van der Waals surface area (Å²) in [7, 11) is -3.16. The van der Waals surface area contributed by atoms with Crippen LogP contribution in [0.5, 0.6) is 0 Å². The molecule has 5 heteroatoms. The third-order valence-corrected chi connectivity index (χ3v) is 3.55. The molecule has 0 bridgehead atoms. The molecule has 58 valence electrons.